The number of hydrogen-bond donors (Lipinski definition) is 1. The maximum Gasteiger partial charge on any atom is 0.317 e. The highest BCUT2D eigenvalue weighted by atomic mass is 16.2. The van der Waals surface area contributed by atoms with E-state index in [1.807, 2.05) is 11.0 Å². The maximum atomic E-state index is 12.1. The van der Waals surface area contributed by atoms with Crippen molar-refractivity contribution in [2.45, 2.75) is 25.9 Å². The Balaban J connectivity index is 1.44. The summed E-state index contributed by atoms with van der Waals surface area (Å²) in [5.41, 5.74) is 2.61. The highest BCUT2D eigenvalue weighted by molar-refractivity contribution is 5.74. The number of amides is 2. The van der Waals surface area contributed by atoms with Crippen LogP contribution in [0.2, 0.25) is 0 Å². The molecule has 6 nitrogen and oxygen atoms in total. The van der Waals surface area contributed by atoms with E-state index >= 15 is 0 Å². The number of urea groups is 1. The number of benzene rings is 1. The van der Waals surface area contributed by atoms with Crippen molar-refractivity contribution < 1.29 is 4.79 Å². The molecule has 0 aliphatic carbocycles. The molecule has 0 saturated heterocycles. The molecule has 2 heterocycles. The Morgan fingerprint density at radius 3 is 2.95 bits per heavy atom. The van der Waals surface area contributed by atoms with Crippen LogP contribution >= 0.6 is 0 Å². The van der Waals surface area contributed by atoms with Crippen LogP contribution in [0.1, 0.15) is 17.5 Å². The Morgan fingerprint density at radius 1 is 1.29 bits per heavy atom. The highest BCUT2D eigenvalue weighted by Gasteiger charge is 2.19. The molecule has 6 heteroatoms. The third-order valence-corrected chi connectivity index (χ3v) is 3.72. The van der Waals surface area contributed by atoms with Crippen LogP contribution in [0, 0.1) is 0 Å². The van der Waals surface area contributed by atoms with Crippen LogP contribution in [0.4, 0.5) is 4.79 Å². The van der Waals surface area contributed by atoms with Gasteiger partial charge in [0.05, 0.1) is 0 Å². The van der Waals surface area contributed by atoms with Crippen molar-refractivity contribution in [3.63, 3.8) is 0 Å². The molecule has 0 unspecified atom stereocenters. The van der Waals surface area contributed by atoms with E-state index in [1.165, 1.54) is 17.5 Å². The zero-order valence-electron chi connectivity index (χ0n) is 11.9. The minimum Gasteiger partial charge on any atom is -0.338 e. The summed E-state index contributed by atoms with van der Waals surface area (Å²) in [6.45, 7) is 2.90. The summed E-state index contributed by atoms with van der Waals surface area (Å²) in [6, 6.07) is 8.34. The molecule has 2 aromatic rings. The fourth-order valence-corrected chi connectivity index (χ4v) is 2.57. The molecule has 1 N–H and O–H groups in total. The molecular weight excluding hydrogens is 266 g/mol. The average Bonchev–Trinajstić information content (AvgIpc) is 3.04. The summed E-state index contributed by atoms with van der Waals surface area (Å²) in [6.07, 6.45) is 4.98. The lowest BCUT2D eigenvalue weighted by atomic mass is 10.0. The second kappa shape index (κ2) is 6.39. The van der Waals surface area contributed by atoms with Crippen LogP contribution in [0.15, 0.2) is 36.9 Å². The molecule has 1 aliphatic heterocycles. The van der Waals surface area contributed by atoms with Crippen molar-refractivity contribution >= 4 is 6.03 Å². The number of aryl methyl sites for hydroxylation is 1. The molecule has 110 valence electrons. The quantitative estimate of drug-likeness (QED) is 0.865. The summed E-state index contributed by atoms with van der Waals surface area (Å²) in [7, 11) is 0. The highest BCUT2D eigenvalue weighted by Crippen LogP contribution is 2.18. The molecule has 1 aromatic carbocycles. The van der Waals surface area contributed by atoms with E-state index in [-0.39, 0.29) is 6.03 Å². The van der Waals surface area contributed by atoms with E-state index in [1.54, 1.807) is 11.0 Å². The van der Waals surface area contributed by atoms with Gasteiger partial charge >= 0.3 is 6.03 Å². The van der Waals surface area contributed by atoms with Gasteiger partial charge < -0.3 is 10.2 Å². The smallest absolute Gasteiger partial charge is 0.317 e. The van der Waals surface area contributed by atoms with E-state index in [0.29, 0.717) is 13.1 Å². The van der Waals surface area contributed by atoms with Gasteiger partial charge in [-0.25, -0.2) is 9.78 Å². The monoisotopic (exact) mass is 285 g/mol. The van der Waals surface area contributed by atoms with Gasteiger partial charge in [-0.2, -0.15) is 5.10 Å². The Morgan fingerprint density at radius 2 is 2.14 bits per heavy atom. The van der Waals surface area contributed by atoms with Gasteiger partial charge in [0.15, 0.2) is 0 Å². The molecule has 0 spiro atoms. The predicted molar refractivity (Wildman–Crippen MR) is 78.6 cm³/mol. The minimum absolute atomic E-state index is 0.0168. The molecule has 0 fully saturated rings. The van der Waals surface area contributed by atoms with Crippen molar-refractivity contribution in [1.29, 1.82) is 0 Å². The molecule has 2 amide bonds. The molecule has 0 atom stereocenters. The normalized spacial score (nSPS) is 13.8. The Hall–Kier alpha value is -2.37. The number of aromatic nitrogens is 3. The topological polar surface area (TPSA) is 63.1 Å². The van der Waals surface area contributed by atoms with Crippen LogP contribution in [0.25, 0.3) is 0 Å². The van der Waals surface area contributed by atoms with E-state index in [4.69, 9.17) is 0 Å². The predicted octanol–water partition coefficient (Wildman–Crippen LogP) is 1.44. The van der Waals surface area contributed by atoms with Gasteiger partial charge in [0, 0.05) is 26.2 Å². The number of carbonyl (C=O) groups is 1. The molecular formula is C15H19N5O. The lowest BCUT2D eigenvalue weighted by molar-refractivity contribution is 0.192. The molecule has 21 heavy (non-hydrogen) atoms. The zero-order valence-corrected chi connectivity index (χ0v) is 11.9. The Labute approximate surface area is 123 Å². The fourth-order valence-electron chi connectivity index (χ4n) is 2.57. The maximum absolute atomic E-state index is 12.1. The molecule has 3 rings (SSSR count). The van der Waals surface area contributed by atoms with Crippen molar-refractivity contribution in [3.8, 4) is 0 Å². The average molecular weight is 285 g/mol. The Bertz CT molecular complexity index is 596. The van der Waals surface area contributed by atoms with Crippen molar-refractivity contribution in [2.24, 2.45) is 0 Å². The first kappa shape index (κ1) is 13.6. The van der Waals surface area contributed by atoms with Crippen LogP contribution < -0.4 is 5.32 Å². The van der Waals surface area contributed by atoms with Crippen molar-refractivity contribution in [1.82, 2.24) is 25.0 Å². The number of nitrogens with zero attached hydrogens (tertiary/aromatic N) is 4. The zero-order chi connectivity index (χ0) is 14.5. The first-order chi connectivity index (χ1) is 10.3. The van der Waals surface area contributed by atoms with Gasteiger partial charge in [0.1, 0.15) is 12.7 Å². The van der Waals surface area contributed by atoms with Crippen molar-refractivity contribution in [3.05, 3.63) is 48.0 Å². The summed E-state index contributed by atoms with van der Waals surface area (Å²) >= 11 is 0. The molecule has 0 radical (unpaired) electrons. The van der Waals surface area contributed by atoms with Crippen LogP contribution in [0.5, 0.6) is 0 Å². The van der Waals surface area contributed by atoms with Crippen LogP contribution in [0.3, 0.4) is 0 Å². The number of rotatable bonds is 4. The third-order valence-electron chi connectivity index (χ3n) is 3.72. The molecule has 0 saturated carbocycles. The van der Waals surface area contributed by atoms with Crippen molar-refractivity contribution in [2.75, 3.05) is 13.1 Å². The third kappa shape index (κ3) is 3.39. The van der Waals surface area contributed by atoms with Gasteiger partial charge in [-0.1, -0.05) is 24.3 Å². The van der Waals surface area contributed by atoms with E-state index in [0.717, 1.165) is 25.9 Å². The number of carbonyl (C=O) groups excluding carboxylic acids is 1. The minimum atomic E-state index is 0.0168. The van der Waals surface area contributed by atoms with Gasteiger partial charge in [-0.05, 0) is 24.0 Å². The Kier molecular flexibility index (Phi) is 4.14. The van der Waals surface area contributed by atoms with E-state index in [2.05, 4.69) is 33.6 Å². The summed E-state index contributed by atoms with van der Waals surface area (Å²) in [5.74, 6) is 0. The van der Waals surface area contributed by atoms with Gasteiger partial charge in [-0.15, -0.1) is 0 Å². The summed E-state index contributed by atoms with van der Waals surface area (Å²) in [5, 5.41) is 7.00. The number of fused-ring (bicyclic) bond motifs is 1. The van der Waals surface area contributed by atoms with Gasteiger partial charge in [-0.3, -0.25) is 4.68 Å². The van der Waals surface area contributed by atoms with E-state index < -0.39 is 0 Å². The largest absolute Gasteiger partial charge is 0.338 e. The fraction of sp³-hybridized carbons (Fsp3) is 0.400. The number of hydrogen-bond acceptors (Lipinski definition) is 3. The van der Waals surface area contributed by atoms with Crippen LogP contribution in [-0.2, 0) is 19.5 Å². The summed E-state index contributed by atoms with van der Waals surface area (Å²) in [4.78, 5) is 17.9. The standard InChI is InChI=1S/C15H19N5O/c21-15(17-7-3-8-20-12-16-11-18-20)19-9-6-13-4-1-2-5-14(13)10-19/h1-2,4-5,11-12H,3,6-10H2,(H,17,21). The first-order valence-electron chi connectivity index (χ1n) is 7.25. The summed E-state index contributed by atoms with van der Waals surface area (Å²) < 4.78 is 1.77. The van der Waals surface area contributed by atoms with Crippen LogP contribution in [-0.4, -0.2) is 38.8 Å². The molecule has 1 aromatic heterocycles. The lowest BCUT2D eigenvalue weighted by Crippen LogP contribution is -2.43. The molecule has 1 aliphatic rings. The first-order valence-corrected chi connectivity index (χ1v) is 7.25. The number of nitrogens with one attached hydrogen (secondary N) is 1. The lowest BCUT2D eigenvalue weighted by Gasteiger charge is -2.28. The second-order valence-electron chi connectivity index (χ2n) is 5.18. The SMILES string of the molecule is O=C(NCCCn1cncn1)N1CCc2ccccc2C1. The van der Waals surface area contributed by atoms with E-state index in [9.17, 15) is 4.79 Å². The van der Waals surface area contributed by atoms with Gasteiger partial charge in [0.2, 0.25) is 0 Å². The molecule has 0 bridgehead atoms. The van der Waals surface area contributed by atoms with Gasteiger partial charge in [0.25, 0.3) is 0 Å². The second-order valence-corrected chi connectivity index (χ2v) is 5.18.